The molecule has 0 aliphatic rings. The SMILES string of the molecule is Cc1cc(C(=O)O)ccc1C(=O)NCC(C)c1nncn1C. The molecule has 0 aliphatic heterocycles. The van der Waals surface area contributed by atoms with Gasteiger partial charge in [0.2, 0.25) is 0 Å². The summed E-state index contributed by atoms with van der Waals surface area (Å²) < 4.78 is 1.81. The summed E-state index contributed by atoms with van der Waals surface area (Å²) in [6.45, 7) is 4.09. The Labute approximate surface area is 128 Å². The number of nitrogens with zero attached hydrogens (tertiary/aromatic N) is 3. The average Bonchev–Trinajstić information content (AvgIpc) is 2.90. The Morgan fingerprint density at radius 3 is 2.68 bits per heavy atom. The zero-order valence-corrected chi connectivity index (χ0v) is 12.7. The van der Waals surface area contributed by atoms with Crippen LogP contribution < -0.4 is 5.32 Å². The molecule has 0 aliphatic carbocycles. The average molecular weight is 302 g/mol. The topological polar surface area (TPSA) is 97.1 Å². The van der Waals surface area contributed by atoms with E-state index in [0.717, 1.165) is 5.82 Å². The molecular weight excluding hydrogens is 284 g/mol. The van der Waals surface area contributed by atoms with Gasteiger partial charge in [0.25, 0.3) is 5.91 Å². The van der Waals surface area contributed by atoms with E-state index in [9.17, 15) is 9.59 Å². The molecule has 1 atom stereocenters. The number of amides is 1. The summed E-state index contributed by atoms with van der Waals surface area (Å²) in [5, 5.41) is 19.6. The summed E-state index contributed by atoms with van der Waals surface area (Å²) in [5.74, 6) is -0.428. The van der Waals surface area contributed by atoms with Crippen LogP contribution in [0.4, 0.5) is 0 Å². The fourth-order valence-corrected chi connectivity index (χ4v) is 2.22. The van der Waals surface area contributed by atoms with E-state index >= 15 is 0 Å². The van der Waals surface area contributed by atoms with Crippen LogP contribution in [-0.2, 0) is 7.05 Å². The molecule has 0 fully saturated rings. The summed E-state index contributed by atoms with van der Waals surface area (Å²) in [6, 6.07) is 4.45. The molecular formula is C15H18N4O3. The van der Waals surface area contributed by atoms with Gasteiger partial charge in [0.15, 0.2) is 0 Å². The molecule has 7 nitrogen and oxygen atoms in total. The molecule has 0 radical (unpaired) electrons. The van der Waals surface area contributed by atoms with Crippen LogP contribution in [0, 0.1) is 6.92 Å². The standard InChI is InChI=1S/C15H18N4O3/c1-9-6-11(15(21)22)4-5-12(9)14(20)16-7-10(2)13-18-17-8-19(13)3/h4-6,8,10H,7H2,1-3H3,(H,16,20)(H,21,22). The molecule has 0 bridgehead atoms. The van der Waals surface area contributed by atoms with Crippen molar-refractivity contribution in [3.05, 3.63) is 47.0 Å². The highest BCUT2D eigenvalue weighted by molar-refractivity contribution is 5.97. The van der Waals surface area contributed by atoms with Gasteiger partial charge >= 0.3 is 5.97 Å². The van der Waals surface area contributed by atoms with Gasteiger partial charge < -0.3 is 15.0 Å². The Morgan fingerprint density at radius 2 is 2.14 bits per heavy atom. The number of carbonyl (C=O) groups is 2. The highest BCUT2D eigenvalue weighted by Gasteiger charge is 2.15. The summed E-state index contributed by atoms with van der Waals surface area (Å²) in [4.78, 5) is 23.1. The number of nitrogens with one attached hydrogen (secondary N) is 1. The second-order valence-electron chi connectivity index (χ2n) is 5.25. The molecule has 2 rings (SSSR count). The monoisotopic (exact) mass is 302 g/mol. The number of aryl methyl sites for hydroxylation is 2. The number of hydrogen-bond acceptors (Lipinski definition) is 4. The highest BCUT2D eigenvalue weighted by Crippen LogP contribution is 2.13. The summed E-state index contributed by atoms with van der Waals surface area (Å²) in [6.07, 6.45) is 1.61. The number of hydrogen-bond donors (Lipinski definition) is 2. The lowest BCUT2D eigenvalue weighted by molar-refractivity contribution is 0.0696. The van der Waals surface area contributed by atoms with E-state index < -0.39 is 5.97 Å². The zero-order chi connectivity index (χ0) is 16.3. The second kappa shape index (κ2) is 6.38. The lowest BCUT2D eigenvalue weighted by atomic mass is 10.0. The third-order valence-electron chi connectivity index (χ3n) is 3.47. The second-order valence-corrected chi connectivity index (χ2v) is 5.25. The normalized spacial score (nSPS) is 12.0. The van der Waals surface area contributed by atoms with E-state index in [2.05, 4.69) is 15.5 Å². The Kier molecular flexibility index (Phi) is 4.55. The van der Waals surface area contributed by atoms with Gasteiger partial charge in [-0.05, 0) is 30.7 Å². The molecule has 1 heterocycles. The highest BCUT2D eigenvalue weighted by atomic mass is 16.4. The van der Waals surface area contributed by atoms with Crippen LogP contribution in [0.3, 0.4) is 0 Å². The molecule has 1 aromatic carbocycles. The van der Waals surface area contributed by atoms with Crippen LogP contribution in [0.5, 0.6) is 0 Å². The first-order chi connectivity index (χ1) is 10.4. The molecule has 7 heteroatoms. The first-order valence-corrected chi connectivity index (χ1v) is 6.86. The van der Waals surface area contributed by atoms with Crippen LogP contribution >= 0.6 is 0 Å². The number of carbonyl (C=O) groups excluding carboxylic acids is 1. The van der Waals surface area contributed by atoms with Gasteiger partial charge in [-0.1, -0.05) is 6.92 Å². The third-order valence-corrected chi connectivity index (χ3v) is 3.47. The molecule has 0 saturated carbocycles. The molecule has 1 unspecified atom stereocenters. The number of carboxylic acids is 1. The van der Waals surface area contributed by atoms with Crippen LogP contribution in [0.1, 0.15) is 44.9 Å². The molecule has 1 amide bonds. The fraction of sp³-hybridized carbons (Fsp3) is 0.333. The van der Waals surface area contributed by atoms with Crippen molar-refractivity contribution >= 4 is 11.9 Å². The van der Waals surface area contributed by atoms with Gasteiger partial charge in [-0.15, -0.1) is 10.2 Å². The predicted molar refractivity (Wildman–Crippen MR) is 79.9 cm³/mol. The van der Waals surface area contributed by atoms with Gasteiger partial charge in [0.05, 0.1) is 5.56 Å². The van der Waals surface area contributed by atoms with Crippen molar-refractivity contribution in [2.45, 2.75) is 19.8 Å². The summed E-state index contributed by atoms with van der Waals surface area (Å²) in [7, 11) is 1.85. The first kappa shape index (κ1) is 15.7. The van der Waals surface area contributed by atoms with Crippen molar-refractivity contribution < 1.29 is 14.7 Å². The van der Waals surface area contributed by atoms with Gasteiger partial charge in [-0.25, -0.2) is 4.79 Å². The van der Waals surface area contributed by atoms with E-state index in [1.807, 2.05) is 18.5 Å². The van der Waals surface area contributed by atoms with E-state index in [1.54, 1.807) is 13.3 Å². The van der Waals surface area contributed by atoms with Gasteiger partial charge in [-0.2, -0.15) is 0 Å². The van der Waals surface area contributed by atoms with Crippen molar-refractivity contribution in [2.24, 2.45) is 7.05 Å². The van der Waals surface area contributed by atoms with E-state index in [0.29, 0.717) is 17.7 Å². The van der Waals surface area contributed by atoms with Crippen molar-refractivity contribution in [1.82, 2.24) is 20.1 Å². The zero-order valence-electron chi connectivity index (χ0n) is 12.7. The number of rotatable bonds is 5. The molecule has 22 heavy (non-hydrogen) atoms. The van der Waals surface area contributed by atoms with Gasteiger partial charge in [-0.3, -0.25) is 4.79 Å². The van der Waals surface area contributed by atoms with E-state index in [-0.39, 0.29) is 17.4 Å². The molecule has 2 N–H and O–H groups in total. The van der Waals surface area contributed by atoms with Crippen LogP contribution in [0.2, 0.25) is 0 Å². The Hall–Kier alpha value is -2.70. The van der Waals surface area contributed by atoms with Gasteiger partial charge in [0, 0.05) is 25.1 Å². The maximum Gasteiger partial charge on any atom is 0.335 e. The maximum absolute atomic E-state index is 12.2. The number of benzene rings is 1. The Morgan fingerprint density at radius 1 is 1.41 bits per heavy atom. The summed E-state index contributed by atoms with van der Waals surface area (Å²) >= 11 is 0. The van der Waals surface area contributed by atoms with Crippen LogP contribution in [0.15, 0.2) is 24.5 Å². The predicted octanol–water partition coefficient (Wildman–Crippen LogP) is 1.36. The largest absolute Gasteiger partial charge is 0.478 e. The van der Waals surface area contributed by atoms with E-state index in [4.69, 9.17) is 5.11 Å². The number of aromatic carboxylic acids is 1. The van der Waals surface area contributed by atoms with Crippen molar-refractivity contribution in [3.8, 4) is 0 Å². The lowest BCUT2D eigenvalue weighted by Crippen LogP contribution is -2.29. The minimum atomic E-state index is -1.01. The van der Waals surface area contributed by atoms with E-state index in [1.165, 1.54) is 18.2 Å². The van der Waals surface area contributed by atoms with Crippen molar-refractivity contribution in [2.75, 3.05) is 6.54 Å². The first-order valence-electron chi connectivity index (χ1n) is 6.86. The molecule has 116 valence electrons. The number of aromatic nitrogens is 3. The van der Waals surface area contributed by atoms with Crippen molar-refractivity contribution in [3.63, 3.8) is 0 Å². The minimum absolute atomic E-state index is 0.0232. The quantitative estimate of drug-likeness (QED) is 0.869. The third kappa shape index (κ3) is 3.30. The molecule has 0 spiro atoms. The Balaban J connectivity index is 2.04. The lowest BCUT2D eigenvalue weighted by Gasteiger charge is -2.13. The molecule has 1 aromatic heterocycles. The van der Waals surface area contributed by atoms with Gasteiger partial charge in [0.1, 0.15) is 12.2 Å². The minimum Gasteiger partial charge on any atom is -0.478 e. The smallest absolute Gasteiger partial charge is 0.335 e. The Bertz CT molecular complexity index is 709. The number of carboxylic acid groups (broad SMARTS) is 1. The molecule has 0 saturated heterocycles. The van der Waals surface area contributed by atoms with Crippen LogP contribution in [0.25, 0.3) is 0 Å². The maximum atomic E-state index is 12.2. The summed E-state index contributed by atoms with van der Waals surface area (Å²) in [5.41, 5.74) is 1.26. The molecule has 2 aromatic rings. The fourth-order valence-electron chi connectivity index (χ4n) is 2.22. The van der Waals surface area contributed by atoms with Crippen LogP contribution in [-0.4, -0.2) is 38.3 Å². The van der Waals surface area contributed by atoms with Crippen molar-refractivity contribution in [1.29, 1.82) is 0 Å².